The Morgan fingerprint density at radius 1 is 0.531 bits per heavy atom. The van der Waals surface area contributed by atoms with E-state index < -0.39 is 11.3 Å². The van der Waals surface area contributed by atoms with Crippen LogP contribution in [0.3, 0.4) is 0 Å². The molecule has 6 heteroatoms. The van der Waals surface area contributed by atoms with E-state index in [2.05, 4.69) is 9.97 Å². The molecular formula is C26H16N2O4. The largest absolute Gasteiger partial charge is 0.404 e. The van der Waals surface area contributed by atoms with Crippen LogP contribution >= 0.6 is 0 Å². The number of nitrogens with zero attached hydrogens (tertiary/aromatic N) is 2. The van der Waals surface area contributed by atoms with E-state index in [0.717, 1.165) is 11.1 Å². The number of fused-ring (bicyclic) bond motifs is 2. The van der Waals surface area contributed by atoms with Crippen LogP contribution < -0.4 is 11.3 Å². The van der Waals surface area contributed by atoms with E-state index >= 15 is 0 Å². The maximum absolute atomic E-state index is 12.1. The lowest BCUT2D eigenvalue weighted by atomic mass is 10.1. The molecule has 5 rings (SSSR count). The molecule has 0 bridgehead atoms. The van der Waals surface area contributed by atoms with Crippen LogP contribution in [0, 0.1) is 0 Å². The van der Waals surface area contributed by atoms with Crippen LogP contribution in [0.5, 0.6) is 0 Å². The summed E-state index contributed by atoms with van der Waals surface area (Å²) in [6, 6.07) is 21.8. The average Bonchev–Trinajstić information content (AvgIpc) is 2.82. The normalized spacial score (nSPS) is 11.8. The van der Waals surface area contributed by atoms with Crippen molar-refractivity contribution in [3.05, 3.63) is 117 Å². The molecule has 2 heterocycles. The first-order chi connectivity index (χ1) is 15.7. The fourth-order valence-electron chi connectivity index (χ4n) is 3.27. The quantitative estimate of drug-likeness (QED) is 0.405. The van der Waals surface area contributed by atoms with Crippen molar-refractivity contribution in [1.29, 1.82) is 0 Å². The summed E-state index contributed by atoms with van der Waals surface area (Å²) in [6.07, 6.45) is 6.95. The highest BCUT2D eigenvalue weighted by molar-refractivity contribution is 5.79. The summed E-state index contributed by atoms with van der Waals surface area (Å²) in [5, 5.41) is 0.912. The van der Waals surface area contributed by atoms with Gasteiger partial charge < -0.3 is 8.83 Å². The zero-order valence-electron chi connectivity index (χ0n) is 16.8. The van der Waals surface area contributed by atoms with Gasteiger partial charge in [-0.3, -0.25) is 0 Å². The molecular weight excluding hydrogens is 404 g/mol. The Morgan fingerprint density at radius 3 is 1.38 bits per heavy atom. The molecule has 0 saturated carbocycles. The fraction of sp³-hybridized carbons (Fsp3) is 0. The zero-order chi connectivity index (χ0) is 21.9. The second-order valence-electron chi connectivity index (χ2n) is 7.05. The summed E-state index contributed by atoms with van der Waals surface area (Å²) in [5.74, 6) is 0.491. The van der Waals surface area contributed by atoms with Crippen LogP contribution in [-0.4, -0.2) is 9.97 Å². The molecule has 0 saturated heterocycles. The Kier molecular flexibility index (Phi) is 5.01. The third kappa shape index (κ3) is 4.02. The van der Waals surface area contributed by atoms with Gasteiger partial charge in [-0.1, -0.05) is 48.5 Å². The summed E-state index contributed by atoms with van der Waals surface area (Å²) in [6.45, 7) is 0. The van der Waals surface area contributed by atoms with Gasteiger partial charge in [0.05, 0.1) is 21.8 Å². The van der Waals surface area contributed by atoms with Gasteiger partial charge in [0.25, 0.3) is 0 Å². The monoisotopic (exact) mass is 420 g/mol. The van der Waals surface area contributed by atoms with E-state index in [1.54, 1.807) is 48.6 Å². The number of rotatable bonds is 4. The van der Waals surface area contributed by atoms with Gasteiger partial charge in [-0.25, -0.2) is 19.6 Å². The Bertz CT molecular complexity index is 1490. The summed E-state index contributed by atoms with van der Waals surface area (Å²) < 4.78 is 10.5. The first kappa shape index (κ1) is 19.4. The molecule has 3 aromatic carbocycles. The predicted octanol–water partition coefficient (Wildman–Crippen LogP) is 5.03. The number of para-hydroxylation sites is 2. The van der Waals surface area contributed by atoms with Crippen molar-refractivity contribution in [3.63, 3.8) is 0 Å². The maximum atomic E-state index is 12.1. The summed E-state index contributed by atoms with van der Waals surface area (Å²) in [7, 11) is 0. The van der Waals surface area contributed by atoms with E-state index in [-0.39, 0.29) is 11.8 Å². The standard InChI is InChI=1S/C26H16N2O4/c29-25-19-5-1-3-7-21(19)27-23(31-25)15-13-17-9-11-18(12-10-17)14-16-24-28-22-8-4-2-6-20(22)26(30)32-24/h1-16H/b15-13+,16-14+. The van der Waals surface area contributed by atoms with E-state index in [4.69, 9.17) is 8.83 Å². The molecule has 0 fully saturated rings. The first-order valence-electron chi connectivity index (χ1n) is 9.92. The molecule has 0 aliphatic carbocycles. The highest BCUT2D eigenvalue weighted by atomic mass is 16.4. The van der Waals surface area contributed by atoms with Crippen molar-refractivity contribution in [2.45, 2.75) is 0 Å². The molecule has 0 aliphatic heterocycles. The van der Waals surface area contributed by atoms with Gasteiger partial charge in [0.1, 0.15) is 0 Å². The summed E-state index contributed by atoms with van der Waals surface area (Å²) in [5.41, 5.74) is 2.19. The third-order valence-corrected chi connectivity index (χ3v) is 4.88. The zero-order valence-corrected chi connectivity index (χ0v) is 16.8. The van der Waals surface area contributed by atoms with Crippen molar-refractivity contribution < 1.29 is 8.83 Å². The summed E-state index contributed by atoms with van der Waals surface area (Å²) >= 11 is 0. The Labute approximate surface area is 181 Å². The van der Waals surface area contributed by atoms with Crippen LogP contribution in [0.15, 0.2) is 91.2 Å². The maximum Gasteiger partial charge on any atom is 0.347 e. The third-order valence-electron chi connectivity index (χ3n) is 4.88. The highest BCUT2D eigenvalue weighted by Crippen LogP contribution is 2.14. The van der Waals surface area contributed by atoms with Crippen molar-refractivity contribution in [2.75, 3.05) is 0 Å². The molecule has 154 valence electrons. The molecule has 0 radical (unpaired) electrons. The molecule has 2 aromatic heterocycles. The van der Waals surface area contributed by atoms with Crippen LogP contribution in [0.25, 0.3) is 46.1 Å². The Hall–Kier alpha value is -4.58. The summed E-state index contributed by atoms with van der Waals surface area (Å²) in [4.78, 5) is 32.8. The van der Waals surface area contributed by atoms with E-state index in [1.165, 1.54) is 0 Å². The Balaban J connectivity index is 1.34. The SMILES string of the molecule is O=c1oc(/C=C/c2ccc(/C=C/c3nc4ccccc4c(=O)o3)cc2)nc2ccccc12. The van der Waals surface area contributed by atoms with Gasteiger partial charge in [0.15, 0.2) is 0 Å². The topological polar surface area (TPSA) is 86.2 Å². The minimum atomic E-state index is -0.412. The van der Waals surface area contributed by atoms with Crippen molar-refractivity contribution >= 4 is 46.1 Å². The van der Waals surface area contributed by atoms with Crippen molar-refractivity contribution in [3.8, 4) is 0 Å². The lowest BCUT2D eigenvalue weighted by Gasteiger charge is -1.99. The predicted molar refractivity (Wildman–Crippen MR) is 125 cm³/mol. The van der Waals surface area contributed by atoms with Crippen LogP contribution in [0.1, 0.15) is 22.9 Å². The van der Waals surface area contributed by atoms with E-state index in [9.17, 15) is 9.59 Å². The lowest BCUT2D eigenvalue weighted by Crippen LogP contribution is -2.02. The molecule has 0 aliphatic rings. The first-order valence-corrected chi connectivity index (χ1v) is 9.92. The molecule has 0 spiro atoms. The van der Waals surface area contributed by atoms with Gasteiger partial charge >= 0.3 is 11.3 Å². The van der Waals surface area contributed by atoms with Crippen molar-refractivity contribution in [2.24, 2.45) is 0 Å². The molecule has 0 N–H and O–H groups in total. The van der Waals surface area contributed by atoms with Gasteiger partial charge in [-0.15, -0.1) is 0 Å². The molecule has 5 aromatic rings. The minimum absolute atomic E-state index is 0.245. The van der Waals surface area contributed by atoms with E-state index in [1.807, 2.05) is 48.6 Å². The van der Waals surface area contributed by atoms with Crippen molar-refractivity contribution in [1.82, 2.24) is 9.97 Å². The number of benzene rings is 3. The number of hydrogen-bond acceptors (Lipinski definition) is 6. The van der Waals surface area contributed by atoms with Gasteiger partial charge in [-0.2, -0.15) is 0 Å². The fourth-order valence-corrected chi connectivity index (χ4v) is 3.27. The Morgan fingerprint density at radius 2 is 0.938 bits per heavy atom. The molecule has 0 amide bonds. The van der Waals surface area contributed by atoms with E-state index in [0.29, 0.717) is 21.8 Å². The number of aromatic nitrogens is 2. The second-order valence-corrected chi connectivity index (χ2v) is 7.05. The molecule has 6 nitrogen and oxygen atoms in total. The van der Waals surface area contributed by atoms with Crippen LogP contribution in [0.2, 0.25) is 0 Å². The number of hydrogen-bond donors (Lipinski definition) is 0. The minimum Gasteiger partial charge on any atom is -0.404 e. The van der Waals surface area contributed by atoms with Crippen LogP contribution in [-0.2, 0) is 0 Å². The second kappa shape index (κ2) is 8.28. The average molecular weight is 420 g/mol. The van der Waals surface area contributed by atoms with Gasteiger partial charge in [0, 0.05) is 12.2 Å². The molecule has 0 atom stereocenters. The molecule has 0 unspecified atom stereocenters. The highest BCUT2D eigenvalue weighted by Gasteiger charge is 2.04. The van der Waals surface area contributed by atoms with Gasteiger partial charge in [-0.05, 0) is 47.5 Å². The van der Waals surface area contributed by atoms with Crippen LogP contribution in [0.4, 0.5) is 0 Å². The van der Waals surface area contributed by atoms with Gasteiger partial charge in [0.2, 0.25) is 11.8 Å². The smallest absolute Gasteiger partial charge is 0.347 e. The molecule has 32 heavy (non-hydrogen) atoms. The lowest BCUT2D eigenvalue weighted by molar-refractivity contribution is 0.490.